The molecule has 7 rings (SSSR count). The number of rotatable bonds is 6. The average Bonchev–Trinajstić information content (AvgIpc) is 3.32. The minimum Gasteiger partial charge on any atom is -0.508 e. The van der Waals surface area contributed by atoms with Gasteiger partial charge in [-0.05, 0) is 39.2 Å². The van der Waals surface area contributed by atoms with E-state index in [-0.39, 0.29) is 64.6 Å². The van der Waals surface area contributed by atoms with Crippen molar-refractivity contribution < 1.29 is 24.2 Å². The van der Waals surface area contributed by atoms with Crippen LogP contribution in [0.5, 0.6) is 17.2 Å². The van der Waals surface area contributed by atoms with Crippen LogP contribution in [0.3, 0.4) is 0 Å². The number of carbonyl (C=O) groups excluding carboxylic acids is 2. The number of Topliss-reactive ketones (excluding diaryl/α,β-unsaturated/α-hetero) is 1. The van der Waals surface area contributed by atoms with Crippen LogP contribution in [0.15, 0.2) is 84.1 Å². The number of hydrogen-bond donors (Lipinski definition) is 1. The van der Waals surface area contributed by atoms with Gasteiger partial charge >= 0.3 is 11.4 Å². The number of ether oxygens (including phenoxy) is 2. The van der Waals surface area contributed by atoms with Gasteiger partial charge < -0.3 is 19.1 Å². The van der Waals surface area contributed by atoms with E-state index in [4.69, 9.17) is 9.47 Å². The van der Waals surface area contributed by atoms with Gasteiger partial charge in [0.15, 0.2) is 23.1 Å². The molecule has 0 amide bonds. The van der Waals surface area contributed by atoms with Crippen molar-refractivity contribution in [2.75, 3.05) is 14.2 Å². The summed E-state index contributed by atoms with van der Waals surface area (Å²) in [5, 5.41) is 9.92. The number of allylic oxidation sites excluding steroid dienone is 6. The molecule has 3 aliphatic rings. The van der Waals surface area contributed by atoms with Crippen molar-refractivity contribution >= 4 is 38.5 Å². The Bertz CT molecular complexity index is 2320. The molecule has 13 nitrogen and oxygen atoms in total. The number of hydrogen-bond acceptors (Lipinski definition) is 9. The molecule has 0 saturated carbocycles. The number of fused-ring (bicyclic) bond motifs is 4. The molecular formula is C33H28BrN5O8. The maximum atomic E-state index is 14.0. The molecule has 3 heterocycles. The van der Waals surface area contributed by atoms with Crippen molar-refractivity contribution in [3.63, 3.8) is 0 Å². The number of aromatic hydroxyl groups is 1. The van der Waals surface area contributed by atoms with Gasteiger partial charge in [0, 0.05) is 61.7 Å². The van der Waals surface area contributed by atoms with Crippen molar-refractivity contribution in [3.8, 4) is 17.2 Å². The van der Waals surface area contributed by atoms with E-state index in [1.165, 1.54) is 46.4 Å². The summed E-state index contributed by atoms with van der Waals surface area (Å²) in [5.41, 5.74) is 1.57. The highest BCUT2D eigenvalue weighted by Gasteiger charge is 2.45. The number of ketones is 2. The Morgan fingerprint density at radius 3 is 2.40 bits per heavy atom. The molecule has 14 heteroatoms. The van der Waals surface area contributed by atoms with E-state index in [1.807, 2.05) is 6.08 Å². The highest BCUT2D eigenvalue weighted by molar-refractivity contribution is 9.12. The molecule has 0 saturated heterocycles. The smallest absolute Gasteiger partial charge is 0.347 e. The maximum absolute atomic E-state index is 14.0. The van der Waals surface area contributed by atoms with Crippen LogP contribution in [0.4, 0.5) is 0 Å². The zero-order chi connectivity index (χ0) is 33.3. The summed E-state index contributed by atoms with van der Waals surface area (Å²) in [6.45, 7) is -0.0574. The van der Waals surface area contributed by atoms with Crippen molar-refractivity contribution in [2.24, 2.45) is 7.05 Å². The Balaban J connectivity index is 1.29. The molecule has 2 aliphatic carbocycles. The minimum atomic E-state index is -0.730. The fourth-order valence-electron chi connectivity index (χ4n) is 6.85. The van der Waals surface area contributed by atoms with Gasteiger partial charge in [-0.2, -0.15) is 0 Å². The largest absolute Gasteiger partial charge is 0.508 e. The summed E-state index contributed by atoms with van der Waals surface area (Å²) in [6.07, 6.45) is 3.11. The second kappa shape index (κ2) is 11.2. The number of nitrogens with zero attached hydrogens (tertiary/aromatic N) is 5. The SMILES string of the molecule is COc1cc2nc(CCn3c(=O)n4n(c3=O)[C@@H]3CC5=C(C(=O)C=C(Br)C5=O)[C@@H](c5ccc(O)cc5)C3=CC4)c(=O)n(C)c2cc1OC. The van der Waals surface area contributed by atoms with Crippen LogP contribution in [0.25, 0.3) is 11.0 Å². The van der Waals surface area contributed by atoms with E-state index in [1.54, 1.807) is 31.3 Å². The number of aromatic nitrogens is 5. The van der Waals surface area contributed by atoms with E-state index in [9.17, 15) is 29.1 Å². The summed E-state index contributed by atoms with van der Waals surface area (Å²) in [6, 6.07) is 8.94. The van der Waals surface area contributed by atoms with Crippen LogP contribution >= 0.6 is 15.9 Å². The van der Waals surface area contributed by atoms with Gasteiger partial charge in [0.2, 0.25) is 0 Å². The zero-order valence-electron chi connectivity index (χ0n) is 25.5. The fourth-order valence-corrected chi connectivity index (χ4v) is 7.30. The second-order valence-electron chi connectivity index (χ2n) is 11.5. The normalized spacial score (nSPS) is 18.8. The molecule has 2 atom stereocenters. The Morgan fingerprint density at radius 1 is 1.00 bits per heavy atom. The first kappa shape index (κ1) is 30.4. The third-order valence-corrected chi connectivity index (χ3v) is 9.71. The number of benzene rings is 2. The molecule has 1 aliphatic heterocycles. The maximum Gasteiger partial charge on any atom is 0.347 e. The molecule has 0 bridgehead atoms. The first-order chi connectivity index (χ1) is 22.5. The molecule has 2 aromatic heterocycles. The topological polar surface area (TPSA) is 157 Å². The first-order valence-electron chi connectivity index (χ1n) is 14.8. The highest BCUT2D eigenvalue weighted by atomic mass is 79.9. The summed E-state index contributed by atoms with van der Waals surface area (Å²) in [7, 11) is 4.60. The number of phenolic OH excluding ortho intramolecular Hbond substituents is 1. The van der Waals surface area contributed by atoms with Crippen molar-refractivity contribution in [2.45, 2.75) is 37.9 Å². The fraction of sp³-hybridized carbons (Fsp3) is 0.273. The molecule has 2 aromatic carbocycles. The lowest BCUT2D eigenvalue weighted by atomic mass is 9.69. The van der Waals surface area contributed by atoms with Gasteiger partial charge in [-0.25, -0.2) is 28.5 Å². The molecule has 4 aromatic rings. The number of methoxy groups -OCH3 is 2. The van der Waals surface area contributed by atoms with Gasteiger partial charge in [-0.3, -0.25) is 14.4 Å². The van der Waals surface area contributed by atoms with Gasteiger partial charge in [0.25, 0.3) is 5.56 Å². The molecule has 0 radical (unpaired) electrons. The summed E-state index contributed by atoms with van der Waals surface area (Å²) >= 11 is 3.21. The van der Waals surface area contributed by atoms with E-state index in [0.717, 1.165) is 4.57 Å². The molecule has 0 fully saturated rings. The predicted octanol–water partition coefficient (Wildman–Crippen LogP) is 2.42. The van der Waals surface area contributed by atoms with Crippen molar-refractivity contribution in [1.29, 1.82) is 0 Å². The van der Waals surface area contributed by atoms with Crippen molar-refractivity contribution in [1.82, 2.24) is 23.5 Å². The minimum absolute atomic E-state index is 0.00274. The molecular weight excluding hydrogens is 674 g/mol. The van der Waals surface area contributed by atoms with E-state index in [2.05, 4.69) is 20.9 Å². The number of halogens is 1. The molecule has 240 valence electrons. The van der Waals surface area contributed by atoms with Crippen LogP contribution in [0.2, 0.25) is 0 Å². The number of carbonyl (C=O) groups is 2. The highest BCUT2D eigenvalue weighted by Crippen LogP contribution is 2.50. The van der Waals surface area contributed by atoms with Gasteiger partial charge in [-0.15, -0.1) is 0 Å². The van der Waals surface area contributed by atoms with Crippen molar-refractivity contribution in [3.05, 3.63) is 112 Å². The van der Waals surface area contributed by atoms with E-state index < -0.39 is 23.3 Å². The summed E-state index contributed by atoms with van der Waals surface area (Å²) < 4.78 is 16.0. The van der Waals surface area contributed by atoms with Gasteiger partial charge in [-0.1, -0.05) is 18.2 Å². The van der Waals surface area contributed by atoms with Crippen LogP contribution in [-0.2, 0) is 36.1 Å². The molecule has 0 unspecified atom stereocenters. The molecule has 1 N–H and O–H groups in total. The Hall–Kier alpha value is -5.24. The molecule has 0 spiro atoms. The third kappa shape index (κ3) is 4.65. The lowest BCUT2D eigenvalue weighted by molar-refractivity contribution is -0.115. The summed E-state index contributed by atoms with van der Waals surface area (Å²) in [5.74, 6) is -0.431. The Morgan fingerprint density at radius 2 is 1.70 bits per heavy atom. The predicted molar refractivity (Wildman–Crippen MR) is 173 cm³/mol. The van der Waals surface area contributed by atoms with Gasteiger partial charge in [0.1, 0.15) is 11.4 Å². The quantitative estimate of drug-likeness (QED) is 0.236. The van der Waals surface area contributed by atoms with Crippen LogP contribution in [0, 0.1) is 0 Å². The van der Waals surface area contributed by atoms with Gasteiger partial charge in [0.05, 0.1) is 42.3 Å². The summed E-state index contributed by atoms with van der Waals surface area (Å²) in [4.78, 5) is 72.2. The van der Waals surface area contributed by atoms with Crippen LogP contribution in [-0.4, -0.2) is 54.4 Å². The first-order valence-corrected chi connectivity index (χ1v) is 15.5. The van der Waals surface area contributed by atoms with Crippen LogP contribution in [0.1, 0.15) is 29.6 Å². The Kier molecular flexibility index (Phi) is 7.27. The molecule has 47 heavy (non-hydrogen) atoms. The monoisotopic (exact) mass is 701 g/mol. The Labute approximate surface area is 274 Å². The average molecular weight is 703 g/mol. The number of aryl methyl sites for hydroxylation is 2. The standard InChI is InChI=1S/C33H28BrN5O8/c1-36-24-15-27(47-3)26(46-2)14-22(24)35-21(31(36)43)9-10-37-32(44)38-11-8-18-23(39(38)33(37)45)12-19-29(25(41)13-20(34)30(19)42)28(18)16-4-6-17(40)7-5-16/h4-8,13-15,23,28,40H,9-12H2,1-3H3/t23-,28+/m1/s1. The van der Waals surface area contributed by atoms with E-state index in [0.29, 0.717) is 39.2 Å². The third-order valence-electron chi connectivity index (χ3n) is 9.13. The number of phenols is 1. The second-order valence-corrected chi connectivity index (χ2v) is 12.4. The zero-order valence-corrected chi connectivity index (χ0v) is 27.1. The lowest BCUT2D eigenvalue weighted by Gasteiger charge is -2.39. The van der Waals surface area contributed by atoms with E-state index >= 15 is 0 Å². The lowest BCUT2D eigenvalue weighted by Crippen LogP contribution is -2.40. The van der Waals surface area contributed by atoms with Crippen LogP contribution < -0.4 is 26.4 Å².